The molecule has 17 unspecified atom stereocenters. The maximum atomic E-state index is 13.5. The van der Waals surface area contributed by atoms with Crippen molar-refractivity contribution in [3.05, 3.63) is 36.5 Å². The number of rotatable bonds is 80. The van der Waals surface area contributed by atoms with Gasteiger partial charge in [0.25, 0.3) is 0 Å². The Balaban J connectivity index is 1.30. The number of nitrogens with one attached hydrogen (secondary N) is 1. The van der Waals surface area contributed by atoms with Gasteiger partial charge in [0.1, 0.15) is 73.2 Å². The first kappa shape index (κ1) is 106. The summed E-state index contributed by atoms with van der Waals surface area (Å²) in [5.74, 6) is -0.266. The predicted molar refractivity (Wildman–Crippen MR) is 462 cm³/mol. The summed E-state index contributed by atoms with van der Waals surface area (Å²) in [6.45, 7) is 1.81. The van der Waals surface area contributed by atoms with Crippen molar-refractivity contribution >= 4 is 5.91 Å². The third kappa shape index (κ3) is 52.4. The zero-order chi connectivity index (χ0) is 82.4. The Morgan fingerprint density at radius 3 is 0.895 bits per heavy atom. The molecule has 0 aromatic heterocycles. The van der Waals surface area contributed by atoms with Crippen LogP contribution in [0.4, 0.5) is 0 Å². The molecule has 0 aliphatic carbocycles. The normalized spacial score (nSPS) is 24.8. The lowest BCUT2D eigenvalue weighted by Gasteiger charge is -2.48. The van der Waals surface area contributed by atoms with Crippen molar-refractivity contribution in [2.75, 3.05) is 26.4 Å². The molecule has 0 radical (unpaired) electrons. The quantitative estimate of drug-likeness (QED) is 0.0199. The fourth-order valence-corrected chi connectivity index (χ4v) is 16.5. The van der Waals surface area contributed by atoms with Crippen LogP contribution in [0, 0.1) is 0 Å². The lowest BCUT2D eigenvalue weighted by Crippen LogP contribution is -2.66. The zero-order valence-corrected chi connectivity index (χ0v) is 72.8. The molecular weight excluding hydrogens is 1440 g/mol. The first-order chi connectivity index (χ1) is 55.8. The fraction of sp³-hybridized carbons (Fsp3) is 0.926. The average molecular weight is 1620 g/mol. The Bertz CT molecular complexity index is 2190. The number of allylic oxidation sites excluding steroid dienone is 5. The fourth-order valence-electron chi connectivity index (χ4n) is 16.5. The lowest BCUT2D eigenvalue weighted by molar-refractivity contribution is -0.379. The number of amides is 1. The minimum atomic E-state index is -1.98. The highest BCUT2D eigenvalue weighted by atomic mass is 16.8. The maximum Gasteiger partial charge on any atom is 0.220 e. The summed E-state index contributed by atoms with van der Waals surface area (Å²) in [5.41, 5.74) is 0. The van der Waals surface area contributed by atoms with Gasteiger partial charge in [-0.15, -0.1) is 0 Å². The topological polar surface area (TPSA) is 307 Å². The first-order valence-corrected chi connectivity index (χ1v) is 48.2. The van der Waals surface area contributed by atoms with Crippen LogP contribution in [0.3, 0.4) is 0 Å². The van der Waals surface area contributed by atoms with Crippen LogP contribution in [-0.4, -0.2) is 193 Å². The Hall–Kier alpha value is -1.99. The van der Waals surface area contributed by atoms with Crippen LogP contribution in [0.5, 0.6) is 0 Å². The largest absolute Gasteiger partial charge is 0.394 e. The van der Waals surface area contributed by atoms with Crippen LogP contribution in [0.2, 0.25) is 0 Å². The van der Waals surface area contributed by atoms with Crippen molar-refractivity contribution in [1.82, 2.24) is 5.32 Å². The molecule has 19 nitrogen and oxygen atoms in total. The molecule has 114 heavy (non-hydrogen) atoms. The molecule has 1 amide bonds. The number of hydrogen-bond donors (Lipinski definition) is 12. The Morgan fingerprint density at radius 1 is 0.316 bits per heavy atom. The van der Waals surface area contributed by atoms with E-state index in [-0.39, 0.29) is 18.9 Å². The molecule has 17 atom stereocenters. The zero-order valence-electron chi connectivity index (χ0n) is 72.8. The van der Waals surface area contributed by atoms with Gasteiger partial charge in [-0.25, -0.2) is 0 Å². The van der Waals surface area contributed by atoms with Gasteiger partial charge in [0.05, 0.1) is 38.6 Å². The van der Waals surface area contributed by atoms with Crippen LogP contribution < -0.4 is 5.32 Å². The Morgan fingerprint density at radius 2 is 0.579 bits per heavy atom. The summed E-state index contributed by atoms with van der Waals surface area (Å²) in [7, 11) is 0. The van der Waals surface area contributed by atoms with Crippen molar-refractivity contribution in [3.63, 3.8) is 0 Å². The highest BCUT2D eigenvalue weighted by Crippen LogP contribution is 2.34. The van der Waals surface area contributed by atoms with E-state index in [1.54, 1.807) is 6.08 Å². The van der Waals surface area contributed by atoms with Gasteiger partial charge >= 0.3 is 0 Å². The second-order valence-corrected chi connectivity index (χ2v) is 34.5. The minimum Gasteiger partial charge on any atom is -0.394 e. The number of hydrogen-bond acceptors (Lipinski definition) is 18. The molecular formula is C95H179NO18. The Kier molecular flexibility index (Phi) is 69.7. The summed E-state index contributed by atoms with van der Waals surface area (Å²) in [6, 6.07) is -0.974. The highest BCUT2D eigenvalue weighted by Gasteiger charge is 2.54. The molecule has 672 valence electrons. The molecule has 3 saturated heterocycles. The molecule has 0 spiro atoms. The number of aliphatic hydroxyl groups excluding tert-OH is 11. The van der Waals surface area contributed by atoms with Crippen LogP contribution in [-0.2, 0) is 33.2 Å². The second kappa shape index (κ2) is 74.8. The van der Waals surface area contributed by atoms with E-state index in [4.69, 9.17) is 28.4 Å². The number of carbonyl (C=O) groups is 1. The molecule has 12 N–H and O–H groups in total. The Labute approximate surface area is 695 Å². The summed E-state index contributed by atoms with van der Waals surface area (Å²) in [5, 5.41) is 121. The standard InChI is InChI=1S/C95H179NO18/c1-3-5-7-9-11-13-15-17-19-21-23-25-27-29-31-33-35-37-38-39-40-41-43-45-47-49-51-53-55-57-59-61-63-65-67-69-71-73-83(101)96-78(79(100)72-70-68-66-64-62-60-58-56-54-52-50-48-46-44-42-36-34-32-30-28-26-24-22-20-18-16-14-12-10-8-6-4-2)77-109-93-89(107)86(104)91(81(75-98)111-93)114-95-90(108)87(105)92(82(76-99)112-95)113-94-88(106)85(103)84(102)80(74-97)110-94/h15,17,21,23,70,72,78-82,84-95,97-100,102-108H,3-14,16,18-20,22,24-69,71,73-77H2,1-2H3,(H,96,101)/b17-15-,23-21-,72-70+. The molecule has 0 aromatic rings. The molecule has 3 rings (SSSR count). The molecule has 19 heteroatoms. The van der Waals surface area contributed by atoms with E-state index in [2.05, 4.69) is 43.5 Å². The van der Waals surface area contributed by atoms with Crippen molar-refractivity contribution in [2.24, 2.45) is 0 Å². The van der Waals surface area contributed by atoms with Crippen LogP contribution in [0.15, 0.2) is 36.5 Å². The first-order valence-electron chi connectivity index (χ1n) is 48.2. The van der Waals surface area contributed by atoms with Crippen molar-refractivity contribution in [3.8, 4) is 0 Å². The van der Waals surface area contributed by atoms with E-state index in [1.165, 1.54) is 353 Å². The lowest BCUT2D eigenvalue weighted by atomic mass is 9.96. The van der Waals surface area contributed by atoms with Gasteiger partial charge in [0.2, 0.25) is 5.91 Å². The van der Waals surface area contributed by atoms with Gasteiger partial charge in [-0.05, 0) is 51.4 Å². The minimum absolute atomic E-state index is 0.248. The van der Waals surface area contributed by atoms with Crippen molar-refractivity contribution in [2.45, 2.75) is 535 Å². The summed E-state index contributed by atoms with van der Waals surface area (Å²) in [4.78, 5) is 13.5. The number of aliphatic hydroxyl groups is 11. The summed E-state index contributed by atoms with van der Waals surface area (Å²) < 4.78 is 34.6. The van der Waals surface area contributed by atoms with E-state index < -0.39 is 124 Å². The van der Waals surface area contributed by atoms with Crippen LogP contribution in [0.1, 0.15) is 431 Å². The SMILES string of the molecule is CCCCCCC/C=C\C/C=C\CCCCCCCCCCCCCCCCCCCCCCCCCCCC(=O)NC(COC1OC(CO)C(OC2OC(CO)C(OC3OC(CO)C(O)C(O)C3O)C(O)C2O)C(O)C1O)C(O)/C=C/CCCCCCCCCCCCCCCCCCCCCCCCCCCCCCCC. The number of ether oxygens (including phenoxy) is 6. The van der Waals surface area contributed by atoms with E-state index >= 15 is 0 Å². The van der Waals surface area contributed by atoms with E-state index in [9.17, 15) is 61.0 Å². The average Bonchev–Trinajstić information content (AvgIpc) is 0.777. The number of carbonyl (C=O) groups excluding carboxylic acids is 1. The third-order valence-corrected chi connectivity index (χ3v) is 24.2. The van der Waals surface area contributed by atoms with Crippen LogP contribution in [0.25, 0.3) is 0 Å². The number of unbranched alkanes of at least 4 members (excludes halogenated alkanes) is 60. The monoisotopic (exact) mass is 1620 g/mol. The molecule has 3 heterocycles. The highest BCUT2D eigenvalue weighted by molar-refractivity contribution is 5.76. The predicted octanol–water partition coefficient (Wildman–Crippen LogP) is 19.4. The van der Waals surface area contributed by atoms with Gasteiger partial charge in [-0.2, -0.15) is 0 Å². The maximum absolute atomic E-state index is 13.5. The summed E-state index contributed by atoms with van der Waals surface area (Å²) in [6.07, 6.45) is 70.3. The third-order valence-electron chi connectivity index (χ3n) is 24.2. The van der Waals surface area contributed by atoms with E-state index in [1.807, 2.05) is 6.08 Å². The molecule has 0 saturated carbocycles. The van der Waals surface area contributed by atoms with Gasteiger partial charge in [0, 0.05) is 6.42 Å². The molecule has 3 aliphatic heterocycles. The molecule has 3 aliphatic rings. The van der Waals surface area contributed by atoms with Crippen molar-refractivity contribution < 1.29 is 89.4 Å². The van der Waals surface area contributed by atoms with Gasteiger partial charge in [-0.1, -0.05) is 410 Å². The van der Waals surface area contributed by atoms with E-state index in [0.29, 0.717) is 6.42 Å². The van der Waals surface area contributed by atoms with Gasteiger partial charge < -0.3 is 89.9 Å². The van der Waals surface area contributed by atoms with E-state index in [0.717, 1.165) is 51.4 Å². The molecule has 3 fully saturated rings. The van der Waals surface area contributed by atoms with Crippen LogP contribution >= 0.6 is 0 Å². The molecule has 0 aromatic carbocycles. The van der Waals surface area contributed by atoms with Crippen molar-refractivity contribution in [1.29, 1.82) is 0 Å². The second-order valence-electron chi connectivity index (χ2n) is 34.5. The summed E-state index contributed by atoms with van der Waals surface area (Å²) >= 11 is 0. The molecule has 0 bridgehead atoms. The smallest absolute Gasteiger partial charge is 0.220 e. The van der Waals surface area contributed by atoms with Gasteiger partial charge in [-0.3, -0.25) is 4.79 Å². The van der Waals surface area contributed by atoms with Gasteiger partial charge in [0.15, 0.2) is 18.9 Å².